The highest BCUT2D eigenvalue weighted by Crippen LogP contribution is 2.23. The Kier molecular flexibility index (Phi) is 4.13. The Morgan fingerprint density at radius 1 is 1.25 bits per heavy atom. The second-order valence-electron chi connectivity index (χ2n) is 5.22. The number of furan rings is 1. The average molecular weight is 336 g/mol. The molecule has 1 N–H and O–H groups in total. The van der Waals surface area contributed by atoms with E-state index in [0.29, 0.717) is 12.6 Å². The van der Waals surface area contributed by atoms with Crippen LogP contribution in [0.15, 0.2) is 39.2 Å². The van der Waals surface area contributed by atoms with E-state index in [0.717, 1.165) is 33.9 Å². The number of aryl methyl sites for hydroxylation is 1. The molecule has 1 saturated carbocycles. The van der Waals surface area contributed by atoms with Crippen molar-refractivity contribution in [3.63, 3.8) is 0 Å². The Hall–Kier alpha value is -1.26. The molecule has 0 amide bonds. The highest BCUT2D eigenvalue weighted by Gasteiger charge is 2.20. The number of nitrogens with one attached hydrogen (secondary N) is 1. The third-order valence-electron chi connectivity index (χ3n) is 3.37. The summed E-state index contributed by atoms with van der Waals surface area (Å²) in [6, 6.07) is 10.7. The standard InChI is InChI=1S/C16H18BrNO2/c1-11-8-12(17)2-7-16(11)19-10-15-6-5-14(20-15)9-18-13-3-4-13/h2,5-8,13,18H,3-4,9-10H2,1H3. The van der Waals surface area contributed by atoms with Gasteiger partial charge in [0.25, 0.3) is 0 Å². The molecule has 0 saturated heterocycles. The first-order valence-corrected chi connectivity index (χ1v) is 7.70. The fourth-order valence-electron chi connectivity index (χ4n) is 2.05. The van der Waals surface area contributed by atoms with E-state index in [1.165, 1.54) is 12.8 Å². The third-order valence-corrected chi connectivity index (χ3v) is 3.86. The van der Waals surface area contributed by atoms with Crippen molar-refractivity contribution in [3.8, 4) is 5.75 Å². The molecule has 106 valence electrons. The van der Waals surface area contributed by atoms with Crippen LogP contribution in [0, 0.1) is 6.92 Å². The summed E-state index contributed by atoms with van der Waals surface area (Å²) in [6.07, 6.45) is 2.58. The van der Waals surface area contributed by atoms with Crippen LogP contribution in [-0.4, -0.2) is 6.04 Å². The fourth-order valence-corrected chi connectivity index (χ4v) is 2.53. The van der Waals surface area contributed by atoms with Crippen LogP contribution in [0.3, 0.4) is 0 Å². The first-order valence-electron chi connectivity index (χ1n) is 6.90. The summed E-state index contributed by atoms with van der Waals surface area (Å²) in [5.74, 6) is 2.73. The Morgan fingerprint density at radius 2 is 2.05 bits per heavy atom. The molecule has 0 atom stereocenters. The van der Waals surface area contributed by atoms with Crippen molar-refractivity contribution in [2.45, 2.75) is 39.0 Å². The number of benzene rings is 1. The second-order valence-corrected chi connectivity index (χ2v) is 6.14. The fraction of sp³-hybridized carbons (Fsp3) is 0.375. The van der Waals surface area contributed by atoms with E-state index >= 15 is 0 Å². The van der Waals surface area contributed by atoms with E-state index in [-0.39, 0.29) is 0 Å². The quantitative estimate of drug-likeness (QED) is 0.859. The molecule has 3 rings (SSSR count). The van der Waals surface area contributed by atoms with Crippen molar-refractivity contribution in [3.05, 3.63) is 51.9 Å². The zero-order valence-electron chi connectivity index (χ0n) is 11.5. The van der Waals surface area contributed by atoms with Crippen molar-refractivity contribution in [1.82, 2.24) is 5.32 Å². The summed E-state index contributed by atoms with van der Waals surface area (Å²) in [7, 11) is 0. The molecule has 0 bridgehead atoms. The van der Waals surface area contributed by atoms with Gasteiger partial charge in [-0.15, -0.1) is 0 Å². The van der Waals surface area contributed by atoms with E-state index in [4.69, 9.17) is 9.15 Å². The topological polar surface area (TPSA) is 34.4 Å². The SMILES string of the molecule is Cc1cc(Br)ccc1OCc1ccc(CNC2CC2)o1. The molecule has 0 radical (unpaired) electrons. The molecule has 0 aliphatic heterocycles. The minimum atomic E-state index is 0.464. The van der Waals surface area contributed by atoms with Crippen LogP contribution in [0.25, 0.3) is 0 Å². The Morgan fingerprint density at radius 3 is 2.80 bits per heavy atom. The van der Waals surface area contributed by atoms with Gasteiger partial charge in [-0.05, 0) is 55.7 Å². The van der Waals surface area contributed by atoms with Crippen LogP contribution in [-0.2, 0) is 13.2 Å². The summed E-state index contributed by atoms with van der Waals surface area (Å²) < 4.78 is 12.6. The van der Waals surface area contributed by atoms with Gasteiger partial charge in [0, 0.05) is 10.5 Å². The van der Waals surface area contributed by atoms with Crippen LogP contribution in [0.2, 0.25) is 0 Å². The smallest absolute Gasteiger partial charge is 0.146 e. The predicted octanol–water partition coefficient (Wildman–Crippen LogP) is 4.18. The predicted molar refractivity (Wildman–Crippen MR) is 81.8 cm³/mol. The van der Waals surface area contributed by atoms with Gasteiger partial charge in [0.2, 0.25) is 0 Å². The van der Waals surface area contributed by atoms with Crippen LogP contribution < -0.4 is 10.1 Å². The highest BCUT2D eigenvalue weighted by molar-refractivity contribution is 9.10. The zero-order valence-corrected chi connectivity index (χ0v) is 13.1. The van der Waals surface area contributed by atoms with Crippen LogP contribution >= 0.6 is 15.9 Å². The van der Waals surface area contributed by atoms with Gasteiger partial charge in [0.15, 0.2) is 0 Å². The molecule has 1 aromatic carbocycles. The number of hydrogen-bond acceptors (Lipinski definition) is 3. The second kappa shape index (κ2) is 6.02. The van der Waals surface area contributed by atoms with E-state index in [1.807, 2.05) is 37.3 Å². The maximum Gasteiger partial charge on any atom is 0.146 e. The number of ether oxygens (including phenoxy) is 1. The summed E-state index contributed by atoms with van der Waals surface area (Å²) in [6.45, 7) is 3.31. The van der Waals surface area contributed by atoms with Gasteiger partial charge >= 0.3 is 0 Å². The van der Waals surface area contributed by atoms with Crippen LogP contribution in [0.1, 0.15) is 29.9 Å². The zero-order chi connectivity index (χ0) is 13.9. The first-order chi connectivity index (χ1) is 9.70. The number of rotatable bonds is 6. The van der Waals surface area contributed by atoms with Crippen molar-refractivity contribution in [2.75, 3.05) is 0 Å². The molecule has 2 aromatic rings. The lowest BCUT2D eigenvalue weighted by Crippen LogP contribution is -2.14. The Labute approximate surface area is 127 Å². The maximum atomic E-state index is 5.79. The first kappa shape index (κ1) is 13.7. The monoisotopic (exact) mass is 335 g/mol. The third kappa shape index (κ3) is 3.64. The van der Waals surface area contributed by atoms with E-state index in [2.05, 4.69) is 21.2 Å². The molecule has 0 spiro atoms. The van der Waals surface area contributed by atoms with Gasteiger partial charge in [-0.25, -0.2) is 0 Å². The van der Waals surface area contributed by atoms with E-state index < -0.39 is 0 Å². The highest BCUT2D eigenvalue weighted by atomic mass is 79.9. The average Bonchev–Trinajstić information content (AvgIpc) is 3.14. The van der Waals surface area contributed by atoms with Crippen LogP contribution in [0.5, 0.6) is 5.75 Å². The minimum Gasteiger partial charge on any atom is -0.485 e. The molecule has 3 nitrogen and oxygen atoms in total. The molecule has 1 aromatic heterocycles. The van der Waals surface area contributed by atoms with Gasteiger partial charge < -0.3 is 14.5 Å². The van der Waals surface area contributed by atoms with Gasteiger partial charge in [-0.2, -0.15) is 0 Å². The maximum absolute atomic E-state index is 5.79. The molecule has 20 heavy (non-hydrogen) atoms. The molecule has 4 heteroatoms. The van der Waals surface area contributed by atoms with Crippen molar-refractivity contribution < 1.29 is 9.15 Å². The number of halogens is 1. The van der Waals surface area contributed by atoms with Crippen LogP contribution in [0.4, 0.5) is 0 Å². The van der Waals surface area contributed by atoms with Gasteiger partial charge in [-0.1, -0.05) is 15.9 Å². The lowest BCUT2D eigenvalue weighted by molar-refractivity contribution is 0.263. The lowest BCUT2D eigenvalue weighted by Gasteiger charge is -2.07. The van der Waals surface area contributed by atoms with Gasteiger partial charge in [-0.3, -0.25) is 0 Å². The van der Waals surface area contributed by atoms with Crippen molar-refractivity contribution in [1.29, 1.82) is 0 Å². The molecule has 0 unspecified atom stereocenters. The largest absolute Gasteiger partial charge is 0.485 e. The lowest BCUT2D eigenvalue weighted by atomic mass is 10.2. The summed E-state index contributed by atoms with van der Waals surface area (Å²) in [4.78, 5) is 0. The van der Waals surface area contributed by atoms with Crippen molar-refractivity contribution >= 4 is 15.9 Å². The van der Waals surface area contributed by atoms with Gasteiger partial charge in [0.05, 0.1) is 6.54 Å². The minimum absolute atomic E-state index is 0.464. The molecular formula is C16H18BrNO2. The molecule has 1 fully saturated rings. The number of hydrogen-bond donors (Lipinski definition) is 1. The summed E-state index contributed by atoms with van der Waals surface area (Å²) in [5.41, 5.74) is 1.11. The Bertz CT molecular complexity index is 590. The molecule has 1 aliphatic rings. The van der Waals surface area contributed by atoms with E-state index in [9.17, 15) is 0 Å². The molecule has 1 aliphatic carbocycles. The summed E-state index contributed by atoms with van der Waals surface area (Å²) >= 11 is 3.45. The molecule has 1 heterocycles. The Balaban J connectivity index is 1.54. The normalized spacial score (nSPS) is 14.5. The van der Waals surface area contributed by atoms with Crippen molar-refractivity contribution in [2.24, 2.45) is 0 Å². The van der Waals surface area contributed by atoms with E-state index in [1.54, 1.807) is 0 Å². The van der Waals surface area contributed by atoms with Gasteiger partial charge in [0.1, 0.15) is 23.9 Å². The molecular weight excluding hydrogens is 318 g/mol. The summed E-state index contributed by atoms with van der Waals surface area (Å²) in [5, 5.41) is 3.44.